The van der Waals surface area contributed by atoms with Crippen molar-refractivity contribution >= 4 is 5.97 Å². The number of carbonyl (C=O) groups is 1. The van der Waals surface area contributed by atoms with Crippen LogP contribution in [0, 0.1) is 0 Å². The third-order valence-corrected chi connectivity index (χ3v) is 1.66. The van der Waals surface area contributed by atoms with Gasteiger partial charge in [-0.3, -0.25) is 4.79 Å². The zero-order valence-electron chi connectivity index (χ0n) is 6.29. The van der Waals surface area contributed by atoms with E-state index in [1.807, 2.05) is 6.92 Å². The summed E-state index contributed by atoms with van der Waals surface area (Å²) in [6, 6.07) is 0. The number of cyclic esters (lactones) is 1. The summed E-state index contributed by atoms with van der Waals surface area (Å²) in [6.07, 6.45) is 1.31. The molecule has 58 valence electrons. The fourth-order valence-corrected chi connectivity index (χ4v) is 1.14. The molecule has 1 rings (SSSR count). The van der Waals surface area contributed by atoms with Gasteiger partial charge in [-0.25, -0.2) is 0 Å². The van der Waals surface area contributed by atoms with E-state index in [2.05, 4.69) is 0 Å². The van der Waals surface area contributed by atoms with E-state index in [-0.39, 0.29) is 18.2 Å². The normalized spacial score (nSPS) is 33.6. The minimum Gasteiger partial charge on any atom is -0.462 e. The molecule has 3 heteroatoms. The monoisotopic (exact) mass is 144 g/mol. The maximum atomic E-state index is 10.7. The Kier molecular flexibility index (Phi) is 2.27. The van der Waals surface area contributed by atoms with Crippen molar-refractivity contribution in [2.75, 3.05) is 7.11 Å². The van der Waals surface area contributed by atoms with Crippen molar-refractivity contribution in [3.05, 3.63) is 0 Å². The molecule has 2 atom stereocenters. The van der Waals surface area contributed by atoms with Gasteiger partial charge >= 0.3 is 5.97 Å². The second-order valence-electron chi connectivity index (χ2n) is 2.60. The Hall–Kier alpha value is -0.570. The number of carbonyl (C=O) groups excluding carboxylic acids is 1. The summed E-state index contributed by atoms with van der Waals surface area (Å²) >= 11 is 0. The van der Waals surface area contributed by atoms with Crippen LogP contribution in [0.5, 0.6) is 0 Å². The molecule has 0 N–H and O–H groups in total. The van der Waals surface area contributed by atoms with Crippen LogP contribution in [0.3, 0.4) is 0 Å². The highest BCUT2D eigenvalue weighted by molar-refractivity contribution is 5.70. The minimum atomic E-state index is -0.148. The van der Waals surface area contributed by atoms with Crippen LogP contribution < -0.4 is 0 Å². The van der Waals surface area contributed by atoms with Gasteiger partial charge in [-0.05, 0) is 6.92 Å². The van der Waals surface area contributed by atoms with E-state index in [4.69, 9.17) is 9.47 Å². The van der Waals surface area contributed by atoms with Crippen molar-refractivity contribution < 1.29 is 14.3 Å². The summed E-state index contributed by atoms with van der Waals surface area (Å²) in [5.74, 6) is -0.148. The quantitative estimate of drug-likeness (QED) is 0.509. The number of methoxy groups -OCH3 is 1. The Morgan fingerprint density at radius 2 is 2.40 bits per heavy atom. The summed E-state index contributed by atoms with van der Waals surface area (Å²) in [6.45, 7) is 1.88. The summed E-state index contributed by atoms with van der Waals surface area (Å²) in [5, 5.41) is 0. The predicted octanol–water partition coefficient (Wildman–Crippen LogP) is 0.727. The van der Waals surface area contributed by atoms with Crippen LogP contribution in [0.2, 0.25) is 0 Å². The van der Waals surface area contributed by atoms with Gasteiger partial charge in [0.15, 0.2) is 0 Å². The molecule has 1 saturated heterocycles. The van der Waals surface area contributed by atoms with Crippen molar-refractivity contribution in [2.45, 2.75) is 32.0 Å². The lowest BCUT2D eigenvalue weighted by molar-refractivity contribution is -0.159. The van der Waals surface area contributed by atoms with Crippen LogP contribution in [-0.2, 0) is 14.3 Å². The van der Waals surface area contributed by atoms with Crippen molar-refractivity contribution in [3.63, 3.8) is 0 Å². The zero-order valence-corrected chi connectivity index (χ0v) is 6.29. The molecule has 0 amide bonds. The molecule has 0 unspecified atom stereocenters. The topological polar surface area (TPSA) is 35.5 Å². The highest BCUT2D eigenvalue weighted by atomic mass is 16.6. The summed E-state index contributed by atoms with van der Waals surface area (Å²) < 4.78 is 9.93. The summed E-state index contributed by atoms with van der Waals surface area (Å²) in [7, 11) is 1.62. The second kappa shape index (κ2) is 3.01. The van der Waals surface area contributed by atoms with E-state index in [9.17, 15) is 4.79 Å². The number of rotatable bonds is 1. The molecule has 0 aromatic heterocycles. The molecule has 1 aliphatic rings. The van der Waals surface area contributed by atoms with Crippen LogP contribution in [0.15, 0.2) is 0 Å². The number of ether oxygens (including phenoxy) is 2. The van der Waals surface area contributed by atoms with E-state index in [0.717, 1.165) is 6.42 Å². The Morgan fingerprint density at radius 1 is 1.70 bits per heavy atom. The molecule has 0 spiro atoms. The van der Waals surface area contributed by atoms with E-state index in [1.54, 1.807) is 7.11 Å². The summed E-state index contributed by atoms with van der Waals surface area (Å²) in [5.41, 5.74) is 0. The van der Waals surface area contributed by atoms with Gasteiger partial charge in [0.2, 0.25) is 0 Å². The molecule has 3 nitrogen and oxygen atoms in total. The van der Waals surface area contributed by atoms with Gasteiger partial charge < -0.3 is 9.47 Å². The lowest BCUT2D eigenvalue weighted by Crippen LogP contribution is -2.31. The molecule has 0 aromatic rings. The average molecular weight is 144 g/mol. The number of hydrogen-bond donors (Lipinski definition) is 0. The van der Waals surface area contributed by atoms with E-state index in [0.29, 0.717) is 6.42 Å². The third kappa shape index (κ3) is 1.70. The van der Waals surface area contributed by atoms with E-state index in [1.165, 1.54) is 0 Å². The van der Waals surface area contributed by atoms with Gasteiger partial charge in [0.25, 0.3) is 0 Å². The highest BCUT2D eigenvalue weighted by Crippen LogP contribution is 2.16. The average Bonchev–Trinajstić information content (AvgIpc) is 1.85. The van der Waals surface area contributed by atoms with Gasteiger partial charge in [-0.1, -0.05) is 0 Å². The smallest absolute Gasteiger partial charge is 0.308 e. The second-order valence-corrected chi connectivity index (χ2v) is 2.60. The molecule has 1 heterocycles. The molecule has 1 fully saturated rings. The lowest BCUT2D eigenvalue weighted by atomic mass is 10.1. The van der Waals surface area contributed by atoms with Crippen LogP contribution in [0.4, 0.5) is 0 Å². The molecular weight excluding hydrogens is 132 g/mol. The van der Waals surface area contributed by atoms with Crippen molar-refractivity contribution in [2.24, 2.45) is 0 Å². The van der Waals surface area contributed by atoms with Gasteiger partial charge in [0.05, 0.1) is 12.5 Å². The molecule has 1 aliphatic heterocycles. The summed E-state index contributed by atoms with van der Waals surface area (Å²) in [4.78, 5) is 10.7. The Morgan fingerprint density at radius 3 is 2.90 bits per heavy atom. The van der Waals surface area contributed by atoms with Gasteiger partial charge in [-0.15, -0.1) is 0 Å². The molecule has 0 aliphatic carbocycles. The maximum Gasteiger partial charge on any atom is 0.308 e. The van der Waals surface area contributed by atoms with Gasteiger partial charge in [0.1, 0.15) is 6.10 Å². The van der Waals surface area contributed by atoms with Crippen LogP contribution in [-0.4, -0.2) is 25.3 Å². The highest BCUT2D eigenvalue weighted by Gasteiger charge is 2.25. The van der Waals surface area contributed by atoms with Crippen molar-refractivity contribution in [3.8, 4) is 0 Å². The first-order valence-electron chi connectivity index (χ1n) is 3.44. The molecule has 0 aromatic carbocycles. The zero-order chi connectivity index (χ0) is 7.56. The standard InChI is InChI=1S/C7H12O3/c1-5-3-6(9-2)4-7(8)10-5/h5-6H,3-4H2,1-2H3/t5-,6-/m0/s1. The molecule has 10 heavy (non-hydrogen) atoms. The number of hydrogen-bond acceptors (Lipinski definition) is 3. The first kappa shape index (κ1) is 7.54. The fourth-order valence-electron chi connectivity index (χ4n) is 1.14. The molecule has 0 saturated carbocycles. The van der Waals surface area contributed by atoms with E-state index >= 15 is 0 Å². The van der Waals surface area contributed by atoms with Gasteiger partial charge in [-0.2, -0.15) is 0 Å². The Bertz CT molecular complexity index is 133. The van der Waals surface area contributed by atoms with Crippen LogP contribution >= 0.6 is 0 Å². The fraction of sp³-hybridized carbons (Fsp3) is 0.857. The minimum absolute atomic E-state index is 0.0196. The maximum absolute atomic E-state index is 10.7. The largest absolute Gasteiger partial charge is 0.462 e. The Labute approximate surface area is 60.3 Å². The molecular formula is C7H12O3. The molecule has 0 radical (unpaired) electrons. The number of esters is 1. The van der Waals surface area contributed by atoms with E-state index < -0.39 is 0 Å². The van der Waals surface area contributed by atoms with Crippen LogP contribution in [0.1, 0.15) is 19.8 Å². The SMILES string of the molecule is CO[C@@H]1CC(=O)O[C@@H](C)C1. The van der Waals surface area contributed by atoms with Crippen LogP contribution in [0.25, 0.3) is 0 Å². The Balaban J connectivity index is 2.42. The first-order chi connectivity index (χ1) is 4.72. The predicted molar refractivity (Wildman–Crippen MR) is 35.6 cm³/mol. The van der Waals surface area contributed by atoms with Crippen molar-refractivity contribution in [1.29, 1.82) is 0 Å². The lowest BCUT2D eigenvalue weighted by Gasteiger charge is -2.25. The third-order valence-electron chi connectivity index (χ3n) is 1.66. The van der Waals surface area contributed by atoms with Gasteiger partial charge in [0, 0.05) is 13.5 Å². The first-order valence-corrected chi connectivity index (χ1v) is 3.44. The van der Waals surface area contributed by atoms with Crippen molar-refractivity contribution in [1.82, 2.24) is 0 Å². The molecule has 0 bridgehead atoms.